The van der Waals surface area contributed by atoms with E-state index in [4.69, 9.17) is 16.6 Å². The van der Waals surface area contributed by atoms with Gasteiger partial charge in [-0.15, -0.1) is 0 Å². The summed E-state index contributed by atoms with van der Waals surface area (Å²) in [6.45, 7) is 6.66. The molecule has 1 aromatic heterocycles. The normalized spacial score (nSPS) is 19.7. The fourth-order valence-corrected chi connectivity index (χ4v) is 2.60. The van der Waals surface area contributed by atoms with Crippen LogP contribution in [0.15, 0.2) is 0 Å². The minimum Gasteiger partial charge on any atom is -0.300 e. The summed E-state index contributed by atoms with van der Waals surface area (Å²) in [6, 6.07) is 0.197. The second-order valence-corrected chi connectivity index (χ2v) is 6.64. The number of rotatable bonds is 2. The maximum absolute atomic E-state index is 6.35. The highest BCUT2D eigenvalue weighted by Gasteiger charge is 2.29. The van der Waals surface area contributed by atoms with Gasteiger partial charge in [0, 0.05) is 11.3 Å². The van der Waals surface area contributed by atoms with Crippen LogP contribution in [0.1, 0.15) is 50.3 Å². The van der Waals surface area contributed by atoms with E-state index >= 15 is 0 Å². The topological polar surface area (TPSA) is 29.0 Å². The largest absolute Gasteiger partial charge is 0.300 e. The fraction of sp³-hybridized carbons (Fsp3) is 0.714. The Hall–Kier alpha value is -0.670. The van der Waals surface area contributed by atoms with Crippen LogP contribution in [-0.4, -0.2) is 29.0 Å². The van der Waals surface area contributed by atoms with E-state index in [-0.39, 0.29) is 6.04 Å². The third kappa shape index (κ3) is 2.67. The molecule has 1 aromatic rings. The Labute approximate surface area is 115 Å². The Morgan fingerprint density at radius 3 is 2.56 bits per heavy atom. The Morgan fingerprint density at radius 2 is 1.94 bits per heavy atom. The first-order valence-corrected chi connectivity index (χ1v) is 6.89. The molecule has 0 fully saturated rings. The molecule has 0 saturated heterocycles. The molecule has 3 nitrogen and oxygen atoms in total. The van der Waals surface area contributed by atoms with Gasteiger partial charge < -0.3 is 0 Å². The number of aromatic nitrogens is 2. The Bertz CT molecular complexity index is 455. The summed E-state index contributed by atoms with van der Waals surface area (Å²) < 4.78 is 0. The van der Waals surface area contributed by atoms with Crippen LogP contribution >= 0.6 is 11.6 Å². The molecule has 18 heavy (non-hydrogen) atoms. The van der Waals surface area contributed by atoms with Gasteiger partial charge in [0.05, 0.1) is 6.04 Å². The Kier molecular flexibility index (Phi) is 3.65. The molecule has 0 aromatic carbocycles. The number of hydrogen-bond acceptors (Lipinski definition) is 3. The summed E-state index contributed by atoms with van der Waals surface area (Å²) in [5, 5.41) is 0.650. The van der Waals surface area contributed by atoms with E-state index < -0.39 is 0 Å². The van der Waals surface area contributed by atoms with Crippen LogP contribution in [0.4, 0.5) is 0 Å². The SMILES string of the molecule is C[C@@H](c1nc(Cl)c2c(n1)CCC(C)(C)C2)N(C)C. The monoisotopic (exact) mass is 267 g/mol. The van der Waals surface area contributed by atoms with Gasteiger partial charge in [-0.3, -0.25) is 4.90 Å². The van der Waals surface area contributed by atoms with Crippen LogP contribution in [0.2, 0.25) is 5.15 Å². The number of aryl methyl sites for hydroxylation is 1. The van der Waals surface area contributed by atoms with Crippen molar-refractivity contribution in [1.29, 1.82) is 0 Å². The predicted octanol–water partition coefficient (Wildman–Crippen LogP) is 3.27. The number of fused-ring (bicyclic) bond motifs is 1. The first kappa shape index (κ1) is 13.8. The van der Waals surface area contributed by atoms with Gasteiger partial charge in [0.25, 0.3) is 0 Å². The summed E-state index contributed by atoms with van der Waals surface area (Å²) in [6.07, 6.45) is 3.17. The average Bonchev–Trinajstić information content (AvgIpc) is 2.28. The van der Waals surface area contributed by atoms with Crippen LogP contribution in [0.5, 0.6) is 0 Å². The molecule has 4 heteroatoms. The minimum atomic E-state index is 0.197. The molecule has 0 amide bonds. The highest BCUT2D eigenvalue weighted by atomic mass is 35.5. The number of nitrogens with zero attached hydrogens (tertiary/aromatic N) is 3. The summed E-state index contributed by atoms with van der Waals surface area (Å²) in [5.74, 6) is 0.837. The smallest absolute Gasteiger partial charge is 0.147 e. The molecule has 0 spiro atoms. The van der Waals surface area contributed by atoms with Crippen molar-refractivity contribution in [2.75, 3.05) is 14.1 Å². The van der Waals surface area contributed by atoms with Crippen LogP contribution in [0.25, 0.3) is 0 Å². The lowest BCUT2D eigenvalue weighted by molar-refractivity contribution is 0.297. The molecule has 1 aliphatic carbocycles. The van der Waals surface area contributed by atoms with Gasteiger partial charge in [-0.1, -0.05) is 25.4 Å². The van der Waals surface area contributed by atoms with Crippen LogP contribution in [0, 0.1) is 5.41 Å². The highest BCUT2D eigenvalue weighted by Crippen LogP contribution is 2.37. The Morgan fingerprint density at radius 1 is 1.28 bits per heavy atom. The molecular formula is C14H22ClN3. The maximum Gasteiger partial charge on any atom is 0.147 e. The lowest BCUT2D eigenvalue weighted by Crippen LogP contribution is -2.26. The van der Waals surface area contributed by atoms with Gasteiger partial charge in [-0.25, -0.2) is 9.97 Å². The standard InChI is InChI=1S/C14H22ClN3/c1-9(18(4)5)13-16-11-6-7-14(2,3)8-10(11)12(15)17-13/h9H,6-8H2,1-5H3/t9-/m0/s1. The molecule has 0 unspecified atom stereocenters. The quantitative estimate of drug-likeness (QED) is 0.770. The molecular weight excluding hydrogens is 246 g/mol. The van der Waals surface area contributed by atoms with Gasteiger partial charge in [0.1, 0.15) is 11.0 Å². The van der Waals surface area contributed by atoms with Crippen molar-refractivity contribution in [3.63, 3.8) is 0 Å². The van der Waals surface area contributed by atoms with Gasteiger partial charge >= 0.3 is 0 Å². The molecule has 1 atom stereocenters. The van der Waals surface area contributed by atoms with Crippen LogP contribution in [-0.2, 0) is 12.8 Å². The molecule has 0 bridgehead atoms. The third-order valence-corrected chi connectivity index (χ3v) is 4.21. The maximum atomic E-state index is 6.35. The van der Waals surface area contributed by atoms with E-state index in [2.05, 4.69) is 30.7 Å². The molecule has 0 aliphatic heterocycles. The highest BCUT2D eigenvalue weighted by molar-refractivity contribution is 6.30. The molecule has 0 saturated carbocycles. The lowest BCUT2D eigenvalue weighted by atomic mass is 9.76. The number of halogens is 1. The van der Waals surface area contributed by atoms with E-state index in [1.54, 1.807) is 0 Å². The van der Waals surface area contributed by atoms with Crippen molar-refractivity contribution >= 4 is 11.6 Å². The van der Waals surface area contributed by atoms with Crippen molar-refractivity contribution in [1.82, 2.24) is 14.9 Å². The van der Waals surface area contributed by atoms with Crippen LogP contribution in [0.3, 0.4) is 0 Å². The van der Waals surface area contributed by atoms with Gasteiger partial charge in [0.15, 0.2) is 0 Å². The van der Waals surface area contributed by atoms with Crippen LogP contribution < -0.4 is 0 Å². The zero-order valence-corrected chi connectivity index (χ0v) is 12.7. The third-order valence-electron chi connectivity index (χ3n) is 3.90. The molecule has 2 rings (SSSR count). The van der Waals surface area contributed by atoms with E-state index in [1.807, 2.05) is 14.1 Å². The summed E-state index contributed by atoms with van der Waals surface area (Å²) in [7, 11) is 4.06. The van der Waals surface area contributed by atoms with Gasteiger partial charge in [0.2, 0.25) is 0 Å². The Balaban J connectivity index is 2.39. The first-order chi connectivity index (χ1) is 8.30. The second kappa shape index (κ2) is 4.78. The van der Waals surface area contributed by atoms with E-state index in [0.29, 0.717) is 10.6 Å². The molecule has 0 radical (unpaired) electrons. The summed E-state index contributed by atoms with van der Waals surface area (Å²) in [4.78, 5) is 11.3. The average molecular weight is 268 g/mol. The molecule has 1 aliphatic rings. The lowest BCUT2D eigenvalue weighted by Gasteiger charge is -2.31. The summed E-state index contributed by atoms with van der Waals surface area (Å²) >= 11 is 6.35. The van der Waals surface area contributed by atoms with Crippen molar-refractivity contribution < 1.29 is 0 Å². The second-order valence-electron chi connectivity index (χ2n) is 6.28. The zero-order chi connectivity index (χ0) is 13.5. The van der Waals surface area contributed by atoms with E-state index in [9.17, 15) is 0 Å². The predicted molar refractivity (Wildman–Crippen MR) is 75.0 cm³/mol. The van der Waals surface area contributed by atoms with Gasteiger partial charge in [-0.2, -0.15) is 0 Å². The summed E-state index contributed by atoms with van der Waals surface area (Å²) in [5.41, 5.74) is 2.62. The zero-order valence-electron chi connectivity index (χ0n) is 11.9. The first-order valence-electron chi connectivity index (χ1n) is 6.52. The van der Waals surface area contributed by atoms with Crippen molar-refractivity contribution in [2.45, 2.75) is 46.1 Å². The molecule has 0 N–H and O–H groups in total. The van der Waals surface area contributed by atoms with Crippen molar-refractivity contribution in [2.24, 2.45) is 5.41 Å². The molecule has 100 valence electrons. The minimum absolute atomic E-state index is 0.197. The van der Waals surface area contributed by atoms with Crippen molar-refractivity contribution in [3.8, 4) is 0 Å². The molecule has 1 heterocycles. The van der Waals surface area contributed by atoms with E-state index in [1.165, 1.54) is 6.42 Å². The fourth-order valence-electron chi connectivity index (χ4n) is 2.34. The van der Waals surface area contributed by atoms with E-state index in [0.717, 1.165) is 29.9 Å². The number of hydrogen-bond donors (Lipinski definition) is 0. The van der Waals surface area contributed by atoms with Crippen molar-refractivity contribution in [3.05, 3.63) is 22.2 Å². The van der Waals surface area contributed by atoms with Gasteiger partial charge in [-0.05, 0) is 45.7 Å².